The fourth-order valence-corrected chi connectivity index (χ4v) is 1.81. The minimum atomic E-state index is -0.467. The van der Waals surface area contributed by atoms with Crippen molar-refractivity contribution in [1.82, 2.24) is 0 Å². The van der Waals surface area contributed by atoms with Crippen molar-refractivity contribution in [1.29, 1.82) is 0 Å². The number of nitro groups is 1. The van der Waals surface area contributed by atoms with Gasteiger partial charge in [0.25, 0.3) is 5.69 Å². The Balaban J connectivity index is 3.06. The quantitative estimate of drug-likeness (QED) is 0.354. The minimum absolute atomic E-state index is 0.0507. The lowest BCUT2D eigenvalue weighted by atomic mass is 10.2. The van der Waals surface area contributed by atoms with Gasteiger partial charge in [0.05, 0.1) is 18.1 Å². The SMILES string of the molecule is C=CCNc1ccc(N(CCO)CCO)cc1[N+](=O)[O-]. The molecule has 0 unspecified atom stereocenters. The summed E-state index contributed by atoms with van der Waals surface area (Å²) in [4.78, 5) is 12.3. The van der Waals surface area contributed by atoms with Gasteiger partial charge in [-0.25, -0.2) is 0 Å². The molecule has 7 nitrogen and oxygen atoms in total. The van der Waals surface area contributed by atoms with E-state index in [0.717, 1.165) is 0 Å². The monoisotopic (exact) mass is 281 g/mol. The summed E-state index contributed by atoms with van der Waals surface area (Å²) in [6.07, 6.45) is 1.61. The molecule has 0 saturated heterocycles. The first-order valence-corrected chi connectivity index (χ1v) is 6.24. The zero-order chi connectivity index (χ0) is 15.0. The fraction of sp³-hybridized carbons (Fsp3) is 0.385. The topological polar surface area (TPSA) is 98.9 Å². The minimum Gasteiger partial charge on any atom is -0.395 e. The van der Waals surface area contributed by atoms with Crippen LogP contribution in [0.15, 0.2) is 30.9 Å². The van der Waals surface area contributed by atoms with Crippen molar-refractivity contribution in [2.45, 2.75) is 0 Å². The van der Waals surface area contributed by atoms with E-state index >= 15 is 0 Å². The molecule has 0 aliphatic rings. The summed E-state index contributed by atoms with van der Waals surface area (Å²) in [6, 6.07) is 4.75. The molecular formula is C13H19N3O4. The number of benzene rings is 1. The maximum absolute atomic E-state index is 11.1. The van der Waals surface area contributed by atoms with Crippen molar-refractivity contribution in [3.8, 4) is 0 Å². The molecular weight excluding hydrogens is 262 g/mol. The number of aliphatic hydroxyl groups excluding tert-OH is 2. The summed E-state index contributed by atoms with van der Waals surface area (Å²) >= 11 is 0. The molecule has 20 heavy (non-hydrogen) atoms. The molecule has 1 rings (SSSR count). The van der Waals surface area contributed by atoms with E-state index in [1.54, 1.807) is 23.1 Å². The normalized spacial score (nSPS) is 10.1. The van der Waals surface area contributed by atoms with Crippen LogP contribution in [0.5, 0.6) is 0 Å². The second-order valence-electron chi connectivity index (χ2n) is 4.06. The van der Waals surface area contributed by atoms with Gasteiger partial charge < -0.3 is 20.4 Å². The molecule has 0 heterocycles. The van der Waals surface area contributed by atoms with Gasteiger partial charge in [0, 0.05) is 31.4 Å². The third-order valence-corrected chi connectivity index (χ3v) is 2.72. The lowest BCUT2D eigenvalue weighted by Crippen LogP contribution is -2.29. The van der Waals surface area contributed by atoms with E-state index in [0.29, 0.717) is 31.0 Å². The average molecular weight is 281 g/mol. The Hall–Kier alpha value is -2.12. The van der Waals surface area contributed by atoms with Crippen LogP contribution in [0.25, 0.3) is 0 Å². The van der Waals surface area contributed by atoms with Crippen molar-refractivity contribution in [2.75, 3.05) is 43.1 Å². The molecule has 0 amide bonds. The summed E-state index contributed by atoms with van der Waals surface area (Å²) < 4.78 is 0. The molecule has 0 atom stereocenters. The Morgan fingerprint density at radius 1 is 1.35 bits per heavy atom. The van der Waals surface area contributed by atoms with Gasteiger partial charge in [0.2, 0.25) is 0 Å². The van der Waals surface area contributed by atoms with Gasteiger partial charge in [-0.1, -0.05) is 6.08 Å². The molecule has 110 valence electrons. The maximum atomic E-state index is 11.1. The first-order valence-electron chi connectivity index (χ1n) is 6.24. The molecule has 0 radical (unpaired) electrons. The molecule has 0 aliphatic carbocycles. The third kappa shape index (κ3) is 4.22. The van der Waals surface area contributed by atoms with Gasteiger partial charge in [-0.05, 0) is 12.1 Å². The number of hydrogen-bond acceptors (Lipinski definition) is 6. The fourth-order valence-electron chi connectivity index (χ4n) is 1.81. The molecule has 0 spiro atoms. The molecule has 7 heteroatoms. The molecule has 0 bridgehead atoms. The van der Waals surface area contributed by atoms with Crippen LogP contribution in [0, 0.1) is 10.1 Å². The van der Waals surface area contributed by atoms with Gasteiger partial charge in [-0.15, -0.1) is 6.58 Å². The van der Waals surface area contributed by atoms with Crippen LogP contribution in [-0.4, -0.2) is 48.0 Å². The van der Waals surface area contributed by atoms with Crippen molar-refractivity contribution in [2.24, 2.45) is 0 Å². The van der Waals surface area contributed by atoms with Gasteiger partial charge in [0.15, 0.2) is 0 Å². The number of nitrogens with zero attached hydrogens (tertiary/aromatic N) is 2. The number of hydrogen-bond donors (Lipinski definition) is 3. The Morgan fingerprint density at radius 2 is 2.00 bits per heavy atom. The lowest BCUT2D eigenvalue weighted by molar-refractivity contribution is -0.383. The van der Waals surface area contributed by atoms with E-state index in [1.807, 2.05) is 0 Å². The second-order valence-corrected chi connectivity index (χ2v) is 4.06. The first-order chi connectivity index (χ1) is 9.63. The van der Waals surface area contributed by atoms with Crippen molar-refractivity contribution >= 4 is 17.1 Å². The van der Waals surface area contributed by atoms with Crippen LogP contribution in [0.3, 0.4) is 0 Å². The molecule has 0 aliphatic heterocycles. The number of nitro benzene ring substituents is 1. The number of anilines is 2. The number of aliphatic hydroxyl groups is 2. The Labute approximate surface area is 117 Å². The van der Waals surface area contributed by atoms with E-state index in [1.165, 1.54) is 6.07 Å². The Morgan fingerprint density at radius 3 is 2.50 bits per heavy atom. The van der Waals surface area contributed by atoms with Crippen LogP contribution >= 0.6 is 0 Å². The summed E-state index contributed by atoms with van der Waals surface area (Å²) in [5.74, 6) is 0. The lowest BCUT2D eigenvalue weighted by Gasteiger charge is -2.23. The molecule has 0 saturated carbocycles. The zero-order valence-corrected chi connectivity index (χ0v) is 11.2. The summed E-state index contributed by atoms with van der Waals surface area (Å²) in [7, 11) is 0. The highest BCUT2D eigenvalue weighted by Gasteiger charge is 2.16. The van der Waals surface area contributed by atoms with E-state index in [4.69, 9.17) is 10.2 Å². The molecule has 3 N–H and O–H groups in total. The van der Waals surface area contributed by atoms with E-state index in [-0.39, 0.29) is 18.9 Å². The van der Waals surface area contributed by atoms with Gasteiger partial charge in [0.1, 0.15) is 5.69 Å². The standard InChI is InChI=1S/C13H19N3O4/c1-2-5-14-12-4-3-11(10-13(12)16(19)20)15(6-8-17)7-9-18/h2-4,10,14,17-18H,1,5-9H2. The number of rotatable bonds is 9. The van der Waals surface area contributed by atoms with Gasteiger partial charge >= 0.3 is 0 Å². The highest BCUT2D eigenvalue weighted by Crippen LogP contribution is 2.29. The third-order valence-electron chi connectivity index (χ3n) is 2.72. The summed E-state index contributed by atoms with van der Waals surface area (Å²) in [5, 5.41) is 32.0. The molecule has 1 aromatic rings. The maximum Gasteiger partial charge on any atom is 0.294 e. The first kappa shape index (κ1) is 15.9. The van der Waals surface area contributed by atoms with Crippen molar-refractivity contribution < 1.29 is 15.1 Å². The zero-order valence-electron chi connectivity index (χ0n) is 11.2. The van der Waals surface area contributed by atoms with E-state index < -0.39 is 4.92 Å². The van der Waals surface area contributed by atoms with Crippen LogP contribution in [0.1, 0.15) is 0 Å². The summed E-state index contributed by atoms with van der Waals surface area (Å²) in [6.45, 7) is 4.40. The largest absolute Gasteiger partial charge is 0.395 e. The predicted molar refractivity (Wildman–Crippen MR) is 78.2 cm³/mol. The van der Waals surface area contributed by atoms with Gasteiger partial charge in [-0.3, -0.25) is 10.1 Å². The van der Waals surface area contributed by atoms with E-state index in [9.17, 15) is 10.1 Å². The Bertz CT molecular complexity index is 459. The van der Waals surface area contributed by atoms with Crippen molar-refractivity contribution in [3.63, 3.8) is 0 Å². The number of nitrogens with one attached hydrogen (secondary N) is 1. The van der Waals surface area contributed by atoms with Crippen LogP contribution in [0.4, 0.5) is 17.1 Å². The van der Waals surface area contributed by atoms with Crippen LogP contribution in [-0.2, 0) is 0 Å². The highest BCUT2D eigenvalue weighted by molar-refractivity contribution is 5.68. The molecule has 0 aromatic heterocycles. The van der Waals surface area contributed by atoms with Crippen molar-refractivity contribution in [3.05, 3.63) is 41.0 Å². The highest BCUT2D eigenvalue weighted by atomic mass is 16.6. The van der Waals surface area contributed by atoms with Crippen LogP contribution in [0.2, 0.25) is 0 Å². The summed E-state index contributed by atoms with van der Waals surface area (Å²) in [5.41, 5.74) is 0.945. The smallest absolute Gasteiger partial charge is 0.294 e. The predicted octanol–water partition coefficient (Wildman–Crippen LogP) is 0.984. The average Bonchev–Trinajstić information content (AvgIpc) is 2.44. The Kier molecular flexibility index (Phi) is 6.48. The van der Waals surface area contributed by atoms with Gasteiger partial charge in [-0.2, -0.15) is 0 Å². The molecule has 1 aromatic carbocycles. The van der Waals surface area contributed by atoms with E-state index in [2.05, 4.69) is 11.9 Å². The molecule has 0 fully saturated rings. The second kappa shape index (κ2) is 8.13. The van der Waals surface area contributed by atoms with Crippen LogP contribution < -0.4 is 10.2 Å².